The van der Waals surface area contributed by atoms with E-state index >= 15 is 0 Å². The van der Waals surface area contributed by atoms with Crippen molar-refractivity contribution in [2.24, 2.45) is 0 Å². The van der Waals surface area contributed by atoms with Gasteiger partial charge < -0.3 is 10.1 Å². The molecular weight excluding hydrogens is 446 g/mol. The predicted molar refractivity (Wildman–Crippen MR) is 112 cm³/mol. The number of halogens is 2. The second-order valence-corrected chi connectivity index (χ2v) is 7.31. The number of ether oxygens (including phenoxy) is 1. The summed E-state index contributed by atoms with van der Waals surface area (Å²) in [5.41, 5.74) is 1.41. The molecule has 1 aromatic heterocycles. The lowest BCUT2D eigenvalue weighted by molar-refractivity contribution is 0.0600. The first-order valence-corrected chi connectivity index (χ1v) is 9.57. The summed E-state index contributed by atoms with van der Waals surface area (Å²) in [4.78, 5) is 24.8. The van der Waals surface area contributed by atoms with Gasteiger partial charge in [-0.05, 0) is 36.8 Å². The summed E-state index contributed by atoms with van der Waals surface area (Å²) in [5, 5.41) is 7.38. The van der Waals surface area contributed by atoms with E-state index in [0.717, 1.165) is 14.7 Å². The molecule has 0 radical (unpaired) electrons. The Kier molecular flexibility index (Phi) is 6.16. The van der Waals surface area contributed by atoms with E-state index in [1.807, 2.05) is 31.2 Å². The summed E-state index contributed by atoms with van der Waals surface area (Å²) in [5.74, 6) is -0.564. The molecule has 1 heterocycles. The van der Waals surface area contributed by atoms with Gasteiger partial charge >= 0.3 is 5.97 Å². The largest absolute Gasteiger partial charge is 0.465 e. The number of para-hydroxylation sites is 1. The molecule has 28 heavy (non-hydrogen) atoms. The van der Waals surface area contributed by atoms with E-state index in [2.05, 4.69) is 26.3 Å². The number of carbonyl (C=O) groups excluding carboxylic acids is 1. The molecule has 3 aromatic rings. The molecule has 144 valence electrons. The van der Waals surface area contributed by atoms with Crippen molar-refractivity contribution in [2.45, 2.75) is 13.0 Å². The first-order valence-electron chi connectivity index (χ1n) is 8.40. The van der Waals surface area contributed by atoms with Crippen LogP contribution in [0.15, 0.2) is 64.0 Å². The van der Waals surface area contributed by atoms with Crippen LogP contribution in [0, 0.1) is 0 Å². The van der Waals surface area contributed by atoms with Crippen molar-refractivity contribution >= 4 is 39.2 Å². The highest BCUT2D eigenvalue weighted by atomic mass is 79.9. The van der Waals surface area contributed by atoms with Gasteiger partial charge in [0.25, 0.3) is 5.56 Å². The quantitative estimate of drug-likeness (QED) is 0.561. The lowest BCUT2D eigenvalue weighted by Gasteiger charge is -2.17. The van der Waals surface area contributed by atoms with Gasteiger partial charge in [0.1, 0.15) is 5.02 Å². The van der Waals surface area contributed by atoms with Gasteiger partial charge in [-0.2, -0.15) is 9.78 Å². The summed E-state index contributed by atoms with van der Waals surface area (Å²) >= 11 is 9.76. The SMILES string of the molecule is COC(=O)c1ccccc1-n1ncc(NC(C)c2cccc(Br)c2)c(Cl)c1=O. The maximum Gasteiger partial charge on any atom is 0.340 e. The van der Waals surface area contributed by atoms with Crippen LogP contribution in [-0.4, -0.2) is 22.9 Å². The molecule has 0 fully saturated rings. The second-order valence-electron chi connectivity index (χ2n) is 6.02. The van der Waals surface area contributed by atoms with E-state index in [-0.39, 0.29) is 16.6 Å². The Morgan fingerprint density at radius 2 is 2.00 bits per heavy atom. The Hall–Kier alpha value is -2.64. The number of rotatable bonds is 5. The highest BCUT2D eigenvalue weighted by molar-refractivity contribution is 9.10. The molecule has 0 spiro atoms. The average molecular weight is 463 g/mol. The molecule has 1 unspecified atom stereocenters. The van der Waals surface area contributed by atoms with Crippen LogP contribution >= 0.6 is 27.5 Å². The molecule has 0 aliphatic rings. The Morgan fingerprint density at radius 1 is 1.25 bits per heavy atom. The number of nitrogens with zero attached hydrogens (tertiary/aromatic N) is 2. The van der Waals surface area contributed by atoms with E-state index in [1.165, 1.54) is 13.3 Å². The number of hydrogen-bond acceptors (Lipinski definition) is 5. The number of benzene rings is 2. The molecule has 8 heteroatoms. The number of carbonyl (C=O) groups is 1. The minimum Gasteiger partial charge on any atom is -0.465 e. The molecule has 1 atom stereocenters. The third-order valence-electron chi connectivity index (χ3n) is 4.18. The smallest absolute Gasteiger partial charge is 0.340 e. The molecule has 0 aliphatic carbocycles. The highest BCUT2D eigenvalue weighted by Crippen LogP contribution is 2.25. The van der Waals surface area contributed by atoms with E-state index in [4.69, 9.17) is 16.3 Å². The monoisotopic (exact) mass is 461 g/mol. The molecule has 0 bridgehead atoms. The van der Waals surface area contributed by atoms with Gasteiger partial charge in [-0.15, -0.1) is 0 Å². The summed E-state index contributed by atoms with van der Waals surface area (Å²) in [7, 11) is 1.28. The van der Waals surface area contributed by atoms with Crippen molar-refractivity contribution in [1.29, 1.82) is 0 Å². The maximum absolute atomic E-state index is 12.8. The lowest BCUT2D eigenvalue weighted by atomic mass is 10.1. The van der Waals surface area contributed by atoms with Gasteiger partial charge in [0.2, 0.25) is 0 Å². The van der Waals surface area contributed by atoms with Crippen LogP contribution < -0.4 is 10.9 Å². The predicted octanol–water partition coefficient (Wildman–Crippen LogP) is 4.61. The zero-order chi connectivity index (χ0) is 20.3. The van der Waals surface area contributed by atoms with Crippen LogP contribution in [0.5, 0.6) is 0 Å². The molecule has 0 amide bonds. The van der Waals surface area contributed by atoms with Crippen LogP contribution in [0.4, 0.5) is 5.69 Å². The van der Waals surface area contributed by atoms with Crippen molar-refractivity contribution in [2.75, 3.05) is 12.4 Å². The second kappa shape index (κ2) is 8.58. The average Bonchev–Trinajstić information content (AvgIpc) is 2.71. The first kappa shape index (κ1) is 20.1. The molecule has 0 saturated heterocycles. The Balaban J connectivity index is 1.97. The van der Waals surface area contributed by atoms with E-state index in [0.29, 0.717) is 11.4 Å². The van der Waals surface area contributed by atoms with Crippen molar-refractivity contribution in [3.05, 3.63) is 85.7 Å². The minimum atomic E-state index is -0.564. The number of nitrogens with one attached hydrogen (secondary N) is 1. The van der Waals surface area contributed by atoms with Crippen LogP contribution in [0.25, 0.3) is 5.69 Å². The van der Waals surface area contributed by atoms with Crippen LogP contribution in [0.1, 0.15) is 28.9 Å². The Morgan fingerprint density at radius 3 is 2.71 bits per heavy atom. The number of esters is 1. The van der Waals surface area contributed by atoms with E-state index in [1.54, 1.807) is 24.3 Å². The fourth-order valence-corrected chi connectivity index (χ4v) is 3.34. The number of aromatic nitrogens is 2. The third kappa shape index (κ3) is 4.10. The molecular formula is C20H17BrClN3O3. The van der Waals surface area contributed by atoms with Gasteiger partial charge in [0.05, 0.1) is 30.2 Å². The molecule has 3 rings (SSSR count). The van der Waals surface area contributed by atoms with Gasteiger partial charge in [0.15, 0.2) is 0 Å². The Bertz CT molecular complexity index is 1080. The zero-order valence-corrected chi connectivity index (χ0v) is 17.5. The van der Waals surface area contributed by atoms with Gasteiger partial charge in [0, 0.05) is 10.5 Å². The third-order valence-corrected chi connectivity index (χ3v) is 5.04. The van der Waals surface area contributed by atoms with Crippen LogP contribution in [0.3, 0.4) is 0 Å². The summed E-state index contributed by atoms with van der Waals surface area (Å²) < 4.78 is 6.82. The topological polar surface area (TPSA) is 73.2 Å². The fourth-order valence-electron chi connectivity index (χ4n) is 2.74. The van der Waals surface area contributed by atoms with Crippen molar-refractivity contribution in [3.8, 4) is 5.69 Å². The molecule has 1 N–H and O–H groups in total. The van der Waals surface area contributed by atoms with Gasteiger partial charge in [-0.3, -0.25) is 4.79 Å². The normalized spacial score (nSPS) is 11.7. The van der Waals surface area contributed by atoms with E-state index < -0.39 is 11.5 Å². The first-order chi connectivity index (χ1) is 13.4. The van der Waals surface area contributed by atoms with Gasteiger partial charge in [-0.25, -0.2) is 4.79 Å². The number of hydrogen-bond donors (Lipinski definition) is 1. The Labute approximate surface area is 175 Å². The number of anilines is 1. The van der Waals surface area contributed by atoms with Crippen LogP contribution in [0.2, 0.25) is 5.02 Å². The summed E-state index contributed by atoms with van der Waals surface area (Å²) in [6.45, 7) is 1.95. The summed E-state index contributed by atoms with van der Waals surface area (Å²) in [6.07, 6.45) is 1.46. The highest BCUT2D eigenvalue weighted by Gasteiger charge is 2.18. The fraction of sp³-hybridized carbons (Fsp3) is 0.150. The van der Waals surface area contributed by atoms with Crippen molar-refractivity contribution in [1.82, 2.24) is 9.78 Å². The maximum atomic E-state index is 12.8. The molecule has 0 saturated carbocycles. The van der Waals surface area contributed by atoms with Crippen molar-refractivity contribution in [3.63, 3.8) is 0 Å². The minimum absolute atomic E-state index is 0.0171. The number of methoxy groups -OCH3 is 1. The zero-order valence-electron chi connectivity index (χ0n) is 15.1. The lowest BCUT2D eigenvalue weighted by Crippen LogP contribution is -2.25. The van der Waals surface area contributed by atoms with E-state index in [9.17, 15) is 9.59 Å². The van der Waals surface area contributed by atoms with Crippen molar-refractivity contribution < 1.29 is 9.53 Å². The molecule has 0 aliphatic heterocycles. The molecule has 2 aromatic carbocycles. The van der Waals surface area contributed by atoms with Gasteiger partial charge in [-0.1, -0.05) is 51.8 Å². The van der Waals surface area contributed by atoms with Crippen LogP contribution in [-0.2, 0) is 4.74 Å². The standard InChI is InChI=1S/C20H17BrClN3O3/c1-12(13-6-5-7-14(21)10-13)24-16-11-23-25(19(26)18(16)22)17-9-4-3-8-15(17)20(27)28-2/h3-12,24H,1-2H3. The molecule has 6 nitrogen and oxygen atoms in total. The summed E-state index contributed by atoms with van der Waals surface area (Å²) in [6, 6.07) is 14.3.